The van der Waals surface area contributed by atoms with Gasteiger partial charge in [0.1, 0.15) is 5.75 Å². The average molecular weight is 463 g/mol. The van der Waals surface area contributed by atoms with E-state index in [0.29, 0.717) is 5.75 Å². The number of carbonyl (C=O) groups is 4. The molecule has 2 N–H and O–H groups in total. The van der Waals surface area contributed by atoms with Crippen LogP contribution in [0.5, 0.6) is 5.75 Å². The Kier molecular flexibility index (Phi) is 7.96. The summed E-state index contributed by atoms with van der Waals surface area (Å²) in [4.78, 5) is 50.2. The Hall–Kier alpha value is -4.66. The van der Waals surface area contributed by atoms with Crippen LogP contribution in [0.1, 0.15) is 20.7 Å². The monoisotopic (exact) mass is 463 g/mol. The molecule has 0 radical (unpaired) electrons. The molecule has 0 saturated heterocycles. The maximum absolute atomic E-state index is 13.0. The number of anilines is 1. The second kappa shape index (κ2) is 11.3. The van der Waals surface area contributed by atoms with E-state index in [1.807, 2.05) is 0 Å². The van der Waals surface area contributed by atoms with Crippen molar-refractivity contribution in [3.05, 3.63) is 96.1 Å². The zero-order valence-electron chi connectivity index (χ0n) is 18.0. The Labute approximate surface area is 194 Å². The zero-order valence-corrected chi connectivity index (χ0v) is 18.0. The van der Waals surface area contributed by atoms with Gasteiger partial charge < -0.3 is 24.6 Å². The van der Waals surface area contributed by atoms with Crippen LogP contribution in [0.15, 0.2) is 84.9 Å². The lowest BCUT2D eigenvalue weighted by Gasteiger charge is -2.23. The molecular weight excluding hydrogens is 442 g/mol. The summed E-state index contributed by atoms with van der Waals surface area (Å²) in [5.74, 6) is -4.09. The third-order valence-corrected chi connectivity index (χ3v) is 4.62. The van der Waals surface area contributed by atoms with Crippen molar-refractivity contribution in [1.29, 1.82) is 0 Å². The lowest BCUT2D eigenvalue weighted by atomic mass is 10.1. The van der Waals surface area contributed by atoms with E-state index in [9.17, 15) is 24.3 Å². The number of hydrogen-bond acceptors (Lipinski definition) is 7. The number of rotatable bonds is 9. The summed E-state index contributed by atoms with van der Waals surface area (Å²) in [6, 6.07) is 21.5. The molecule has 0 bridgehead atoms. The molecule has 3 aromatic rings. The SMILES string of the molecule is COc1ccc(NC(=O)[C@H](OC(=O)c2ccccc2)[C@@H](OC(=O)c2ccccc2)C(=O)O)cc1. The Morgan fingerprint density at radius 3 is 1.62 bits per heavy atom. The van der Waals surface area contributed by atoms with Gasteiger partial charge in [-0.1, -0.05) is 36.4 Å². The van der Waals surface area contributed by atoms with Crippen molar-refractivity contribution in [1.82, 2.24) is 0 Å². The summed E-state index contributed by atoms with van der Waals surface area (Å²) >= 11 is 0. The van der Waals surface area contributed by atoms with Crippen LogP contribution in [0.2, 0.25) is 0 Å². The van der Waals surface area contributed by atoms with Crippen LogP contribution in [-0.4, -0.2) is 48.2 Å². The molecule has 0 aliphatic heterocycles. The van der Waals surface area contributed by atoms with Crippen molar-refractivity contribution in [3.8, 4) is 5.75 Å². The van der Waals surface area contributed by atoms with E-state index in [2.05, 4.69) is 5.32 Å². The van der Waals surface area contributed by atoms with Crippen molar-refractivity contribution < 1.29 is 38.5 Å². The molecule has 0 unspecified atom stereocenters. The summed E-state index contributed by atoms with van der Waals surface area (Å²) in [5, 5.41) is 12.2. The maximum atomic E-state index is 13.0. The van der Waals surface area contributed by atoms with Gasteiger partial charge in [0, 0.05) is 5.69 Å². The molecule has 174 valence electrons. The maximum Gasteiger partial charge on any atom is 0.349 e. The number of aliphatic carboxylic acids is 1. The second-order valence-corrected chi connectivity index (χ2v) is 6.94. The number of methoxy groups -OCH3 is 1. The molecule has 0 aromatic heterocycles. The van der Waals surface area contributed by atoms with Crippen LogP contribution in [0.25, 0.3) is 0 Å². The number of carboxylic acid groups (broad SMARTS) is 1. The summed E-state index contributed by atoms with van der Waals surface area (Å²) in [6.07, 6.45) is -4.10. The van der Waals surface area contributed by atoms with Gasteiger partial charge in [-0.05, 0) is 48.5 Å². The van der Waals surface area contributed by atoms with E-state index in [0.717, 1.165) is 0 Å². The molecule has 3 aromatic carbocycles. The van der Waals surface area contributed by atoms with E-state index in [-0.39, 0.29) is 16.8 Å². The first-order chi connectivity index (χ1) is 16.4. The molecule has 0 spiro atoms. The van der Waals surface area contributed by atoms with Crippen molar-refractivity contribution in [3.63, 3.8) is 0 Å². The van der Waals surface area contributed by atoms with E-state index >= 15 is 0 Å². The summed E-state index contributed by atoms with van der Waals surface area (Å²) < 4.78 is 15.4. The van der Waals surface area contributed by atoms with Gasteiger partial charge in [-0.25, -0.2) is 14.4 Å². The molecule has 34 heavy (non-hydrogen) atoms. The summed E-state index contributed by atoms with van der Waals surface area (Å²) in [7, 11) is 1.48. The second-order valence-electron chi connectivity index (χ2n) is 6.94. The molecule has 0 heterocycles. The van der Waals surface area contributed by atoms with E-state index in [1.54, 1.807) is 48.5 Å². The number of esters is 2. The van der Waals surface area contributed by atoms with Gasteiger partial charge in [-0.2, -0.15) is 0 Å². The van der Waals surface area contributed by atoms with Crippen LogP contribution in [-0.2, 0) is 19.1 Å². The third kappa shape index (κ3) is 6.19. The Bertz CT molecular complexity index is 1150. The van der Waals surface area contributed by atoms with Gasteiger partial charge in [0.25, 0.3) is 5.91 Å². The quantitative estimate of drug-likeness (QED) is 0.463. The number of carbonyl (C=O) groups excluding carboxylic acids is 3. The fourth-order valence-corrected chi connectivity index (χ4v) is 2.90. The predicted octanol–water partition coefficient (Wildman–Crippen LogP) is 3.17. The number of carboxylic acids is 1. The van der Waals surface area contributed by atoms with E-state index < -0.39 is 36.0 Å². The summed E-state index contributed by atoms with van der Waals surface area (Å²) in [6.45, 7) is 0. The van der Waals surface area contributed by atoms with E-state index in [1.165, 1.54) is 43.5 Å². The molecule has 0 aliphatic rings. The Morgan fingerprint density at radius 2 is 1.18 bits per heavy atom. The van der Waals surface area contributed by atoms with Gasteiger partial charge in [0.05, 0.1) is 18.2 Å². The lowest BCUT2D eigenvalue weighted by molar-refractivity contribution is -0.157. The Morgan fingerprint density at radius 1 is 0.706 bits per heavy atom. The van der Waals surface area contributed by atoms with E-state index in [4.69, 9.17) is 14.2 Å². The van der Waals surface area contributed by atoms with Crippen LogP contribution in [0, 0.1) is 0 Å². The van der Waals surface area contributed by atoms with Gasteiger partial charge in [-0.3, -0.25) is 4.79 Å². The molecule has 1 amide bonds. The van der Waals surface area contributed by atoms with Crippen LogP contribution in [0.3, 0.4) is 0 Å². The third-order valence-electron chi connectivity index (χ3n) is 4.62. The van der Waals surface area contributed by atoms with Crippen LogP contribution < -0.4 is 10.1 Å². The normalized spacial score (nSPS) is 12.0. The zero-order chi connectivity index (χ0) is 24.5. The summed E-state index contributed by atoms with van der Waals surface area (Å²) in [5.41, 5.74) is 0.436. The van der Waals surface area contributed by atoms with Crippen molar-refractivity contribution in [2.24, 2.45) is 0 Å². The molecule has 2 atom stereocenters. The largest absolute Gasteiger partial charge is 0.497 e. The molecular formula is C25H21NO8. The van der Waals surface area contributed by atoms with Gasteiger partial charge in [0.2, 0.25) is 12.2 Å². The first-order valence-corrected chi connectivity index (χ1v) is 10.1. The van der Waals surface area contributed by atoms with Gasteiger partial charge in [-0.15, -0.1) is 0 Å². The average Bonchev–Trinajstić information content (AvgIpc) is 2.87. The number of hydrogen-bond donors (Lipinski definition) is 2. The molecule has 0 saturated carbocycles. The van der Waals surface area contributed by atoms with Crippen molar-refractivity contribution in [2.75, 3.05) is 12.4 Å². The lowest BCUT2D eigenvalue weighted by Crippen LogP contribution is -2.48. The highest BCUT2D eigenvalue weighted by Crippen LogP contribution is 2.18. The van der Waals surface area contributed by atoms with Crippen molar-refractivity contribution in [2.45, 2.75) is 12.2 Å². The molecule has 0 aliphatic carbocycles. The standard InChI is InChI=1S/C25H21NO8/c1-32-19-14-12-18(13-15-19)26-22(27)20(33-24(30)16-8-4-2-5-9-16)21(23(28)29)34-25(31)17-10-6-3-7-11-17/h2-15,20-21H,1H3,(H,26,27)(H,28,29)/t20-,21-/m1/s1. The predicted molar refractivity (Wildman–Crippen MR) is 121 cm³/mol. The Balaban J connectivity index is 1.88. The minimum Gasteiger partial charge on any atom is -0.497 e. The number of amides is 1. The highest BCUT2D eigenvalue weighted by atomic mass is 16.6. The number of benzene rings is 3. The number of nitrogens with one attached hydrogen (secondary N) is 1. The van der Waals surface area contributed by atoms with Crippen LogP contribution >= 0.6 is 0 Å². The van der Waals surface area contributed by atoms with Gasteiger partial charge >= 0.3 is 17.9 Å². The van der Waals surface area contributed by atoms with Gasteiger partial charge in [0.15, 0.2) is 0 Å². The highest BCUT2D eigenvalue weighted by Gasteiger charge is 2.41. The molecule has 3 rings (SSSR count). The molecule has 9 heteroatoms. The van der Waals surface area contributed by atoms with Crippen molar-refractivity contribution >= 4 is 29.5 Å². The number of ether oxygens (including phenoxy) is 3. The minimum absolute atomic E-state index is 0.0671. The smallest absolute Gasteiger partial charge is 0.349 e. The van der Waals surface area contributed by atoms with Crippen LogP contribution in [0.4, 0.5) is 5.69 Å². The fraction of sp³-hybridized carbons (Fsp3) is 0.120. The topological polar surface area (TPSA) is 128 Å². The fourth-order valence-electron chi connectivity index (χ4n) is 2.90. The first kappa shape index (κ1) is 24.0. The molecule has 9 nitrogen and oxygen atoms in total. The highest BCUT2D eigenvalue weighted by molar-refractivity contribution is 6.01. The minimum atomic E-state index is -2.11. The first-order valence-electron chi connectivity index (χ1n) is 10.1. The molecule has 0 fully saturated rings.